The summed E-state index contributed by atoms with van der Waals surface area (Å²) < 4.78 is 12.2. The van der Waals surface area contributed by atoms with Crippen molar-refractivity contribution < 1.29 is 4.48 Å². The zero-order valence-corrected chi connectivity index (χ0v) is 10.3. The van der Waals surface area contributed by atoms with Crippen LogP contribution in [-0.4, -0.2) is 4.98 Å². The SMILES string of the molecule is FNCc1cccc(-c2ccc3ccccc3n2)c1. The van der Waals surface area contributed by atoms with E-state index in [-0.39, 0.29) is 6.54 Å². The third-order valence-corrected chi connectivity index (χ3v) is 3.09. The van der Waals surface area contributed by atoms with Crippen LogP contribution >= 0.6 is 0 Å². The quantitative estimate of drug-likeness (QED) is 0.716. The van der Waals surface area contributed by atoms with Gasteiger partial charge in [-0.3, -0.25) is 0 Å². The minimum atomic E-state index is 0.210. The smallest absolute Gasteiger partial charge is 0.0709 e. The molecule has 1 N–H and O–H groups in total. The van der Waals surface area contributed by atoms with Crippen molar-refractivity contribution >= 4 is 10.9 Å². The van der Waals surface area contributed by atoms with Gasteiger partial charge in [-0.15, -0.1) is 4.48 Å². The number of fused-ring (bicyclic) bond motifs is 1. The van der Waals surface area contributed by atoms with Crippen molar-refractivity contribution in [2.45, 2.75) is 6.54 Å². The van der Waals surface area contributed by atoms with Crippen LogP contribution in [0.2, 0.25) is 0 Å². The van der Waals surface area contributed by atoms with Crippen molar-refractivity contribution in [2.24, 2.45) is 0 Å². The number of rotatable bonds is 3. The molecule has 0 fully saturated rings. The Morgan fingerprint density at radius 2 is 1.84 bits per heavy atom. The highest BCUT2D eigenvalue weighted by Gasteiger charge is 2.02. The van der Waals surface area contributed by atoms with Gasteiger partial charge in [0.1, 0.15) is 0 Å². The average Bonchev–Trinajstić information content (AvgIpc) is 2.47. The summed E-state index contributed by atoms with van der Waals surface area (Å²) in [5.74, 6) is 0. The van der Waals surface area contributed by atoms with E-state index in [0.29, 0.717) is 0 Å². The number of hydrogen-bond acceptors (Lipinski definition) is 2. The molecule has 0 aliphatic heterocycles. The van der Waals surface area contributed by atoms with E-state index < -0.39 is 0 Å². The van der Waals surface area contributed by atoms with E-state index >= 15 is 0 Å². The second kappa shape index (κ2) is 5.16. The molecule has 2 aromatic carbocycles. The van der Waals surface area contributed by atoms with Gasteiger partial charge in [0.05, 0.1) is 17.8 Å². The molecule has 0 unspecified atom stereocenters. The van der Waals surface area contributed by atoms with Crippen LogP contribution in [0.25, 0.3) is 22.2 Å². The average molecular weight is 252 g/mol. The van der Waals surface area contributed by atoms with Gasteiger partial charge in [-0.25, -0.2) is 4.98 Å². The molecule has 0 amide bonds. The van der Waals surface area contributed by atoms with Crippen molar-refractivity contribution in [3.05, 3.63) is 66.2 Å². The molecule has 3 aromatic rings. The summed E-state index contributed by atoms with van der Waals surface area (Å²) in [5.41, 5.74) is 5.44. The fourth-order valence-electron chi connectivity index (χ4n) is 2.14. The highest BCUT2D eigenvalue weighted by atomic mass is 19.2. The molecule has 0 bridgehead atoms. The second-order valence-electron chi connectivity index (χ2n) is 4.40. The van der Waals surface area contributed by atoms with E-state index in [9.17, 15) is 4.48 Å². The first kappa shape index (κ1) is 11.8. The molecular weight excluding hydrogens is 239 g/mol. The lowest BCUT2D eigenvalue weighted by Crippen LogP contribution is -1.99. The molecule has 0 atom stereocenters. The monoisotopic (exact) mass is 252 g/mol. The van der Waals surface area contributed by atoms with E-state index in [0.717, 1.165) is 27.7 Å². The minimum Gasteiger partial charge on any atom is -0.248 e. The Hall–Kier alpha value is -2.26. The maximum atomic E-state index is 12.2. The van der Waals surface area contributed by atoms with Crippen molar-refractivity contribution in [1.82, 2.24) is 10.5 Å². The fourth-order valence-corrected chi connectivity index (χ4v) is 2.14. The van der Waals surface area contributed by atoms with Gasteiger partial charge in [0, 0.05) is 10.9 Å². The molecular formula is C16H13FN2. The summed E-state index contributed by atoms with van der Waals surface area (Å²) in [6, 6.07) is 19.8. The van der Waals surface area contributed by atoms with E-state index in [1.807, 2.05) is 54.6 Å². The molecule has 19 heavy (non-hydrogen) atoms. The Balaban J connectivity index is 2.05. The first-order valence-corrected chi connectivity index (χ1v) is 6.15. The molecule has 1 heterocycles. The van der Waals surface area contributed by atoms with Crippen molar-refractivity contribution in [3.63, 3.8) is 0 Å². The predicted molar refractivity (Wildman–Crippen MR) is 75.1 cm³/mol. The van der Waals surface area contributed by atoms with Crippen LogP contribution in [0.5, 0.6) is 0 Å². The van der Waals surface area contributed by atoms with Gasteiger partial charge in [0.25, 0.3) is 0 Å². The van der Waals surface area contributed by atoms with Crippen LogP contribution in [0, 0.1) is 0 Å². The number of nitrogens with one attached hydrogen (secondary N) is 1. The number of pyridine rings is 1. The molecule has 94 valence electrons. The molecule has 0 spiro atoms. The second-order valence-corrected chi connectivity index (χ2v) is 4.40. The molecule has 0 radical (unpaired) electrons. The first-order chi connectivity index (χ1) is 9.36. The minimum absolute atomic E-state index is 0.210. The standard InChI is InChI=1S/C16H13FN2/c17-18-11-12-4-3-6-14(10-12)16-9-8-13-5-1-2-7-15(13)19-16/h1-10,18H,11H2. The number of halogens is 1. The van der Waals surface area contributed by atoms with E-state index in [1.165, 1.54) is 0 Å². The van der Waals surface area contributed by atoms with Gasteiger partial charge in [-0.2, -0.15) is 5.54 Å². The Kier molecular flexibility index (Phi) is 3.21. The first-order valence-electron chi connectivity index (χ1n) is 6.15. The molecule has 0 aliphatic carbocycles. The Bertz CT molecular complexity index is 710. The highest BCUT2D eigenvalue weighted by Crippen LogP contribution is 2.21. The molecule has 3 heteroatoms. The van der Waals surface area contributed by atoms with Crippen molar-refractivity contribution in [2.75, 3.05) is 0 Å². The van der Waals surface area contributed by atoms with E-state index in [2.05, 4.69) is 11.1 Å². The molecule has 0 aliphatic rings. The number of hydrogen-bond donors (Lipinski definition) is 1. The number of aromatic nitrogens is 1. The van der Waals surface area contributed by atoms with Gasteiger partial charge in [0.15, 0.2) is 0 Å². The van der Waals surface area contributed by atoms with Crippen LogP contribution in [0.4, 0.5) is 4.48 Å². The lowest BCUT2D eigenvalue weighted by atomic mass is 10.1. The Labute approximate surface area is 110 Å². The largest absolute Gasteiger partial charge is 0.248 e. The van der Waals surface area contributed by atoms with Crippen molar-refractivity contribution in [1.29, 1.82) is 0 Å². The maximum Gasteiger partial charge on any atom is 0.0709 e. The fraction of sp³-hybridized carbons (Fsp3) is 0.0625. The summed E-state index contributed by atoms with van der Waals surface area (Å²) >= 11 is 0. The molecule has 3 rings (SSSR count). The van der Waals surface area contributed by atoms with Gasteiger partial charge in [-0.1, -0.05) is 42.5 Å². The zero-order valence-electron chi connectivity index (χ0n) is 10.3. The third-order valence-electron chi connectivity index (χ3n) is 3.09. The number of nitrogens with zero attached hydrogens (tertiary/aromatic N) is 1. The normalized spacial score (nSPS) is 10.8. The highest BCUT2D eigenvalue weighted by molar-refractivity contribution is 5.81. The van der Waals surface area contributed by atoms with Crippen LogP contribution in [0.15, 0.2) is 60.7 Å². The number of para-hydroxylation sites is 1. The van der Waals surface area contributed by atoms with Gasteiger partial charge < -0.3 is 0 Å². The molecule has 0 saturated carbocycles. The maximum absolute atomic E-state index is 12.2. The summed E-state index contributed by atoms with van der Waals surface area (Å²) in [7, 11) is 0. The van der Waals surface area contributed by atoms with Crippen LogP contribution in [0.3, 0.4) is 0 Å². The summed E-state index contributed by atoms with van der Waals surface area (Å²) in [6.45, 7) is 0.210. The Morgan fingerprint density at radius 1 is 0.947 bits per heavy atom. The number of benzene rings is 2. The molecule has 2 nitrogen and oxygen atoms in total. The van der Waals surface area contributed by atoms with Crippen LogP contribution in [-0.2, 0) is 6.54 Å². The van der Waals surface area contributed by atoms with Gasteiger partial charge >= 0.3 is 0 Å². The van der Waals surface area contributed by atoms with Crippen LogP contribution < -0.4 is 5.54 Å². The summed E-state index contributed by atoms with van der Waals surface area (Å²) in [6.07, 6.45) is 0. The summed E-state index contributed by atoms with van der Waals surface area (Å²) in [5, 5.41) is 1.12. The third kappa shape index (κ3) is 2.46. The van der Waals surface area contributed by atoms with Gasteiger partial charge in [-0.05, 0) is 23.8 Å². The van der Waals surface area contributed by atoms with E-state index in [4.69, 9.17) is 0 Å². The predicted octanol–water partition coefficient (Wildman–Crippen LogP) is 3.88. The lowest BCUT2D eigenvalue weighted by molar-refractivity contribution is 0.330. The van der Waals surface area contributed by atoms with E-state index in [1.54, 1.807) is 5.54 Å². The van der Waals surface area contributed by atoms with Crippen LogP contribution in [0.1, 0.15) is 5.56 Å². The Morgan fingerprint density at radius 3 is 2.74 bits per heavy atom. The molecule has 1 aromatic heterocycles. The topological polar surface area (TPSA) is 24.9 Å². The summed E-state index contributed by atoms with van der Waals surface area (Å²) in [4.78, 5) is 4.63. The van der Waals surface area contributed by atoms with Crippen molar-refractivity contribution in [3.8, 4) is 11.3 Å². The zero-order chi connectivity index (χ0) is 13.1. The van der Waals surface area contributed by atoms with Gasteiger partial charge in [0.2, 0.25) is 0 Å². The lowest BCUT2D eigenvalue weighted by Gasteiger charge is -2.05. The molecule has 0 saturated heterocycles.